The molecule has 1 heterocycles. The third kappa shape index (κ3) is 3.40. The molecule has 1 N–H and O–H groups in total. The number of amides is 1. The van der Waals surface area contributed by atoms with Gasteiger partial charge in [0.25, 0.3) is 5.91 Å². The Kier molecular flexibility index (Phi) is 4.10. The van der Waals surface area contributed by atoms with Gasteiger partial charge in [-0.3, -0.25) is 4.79 Å². The smallest absolute Gasteiger partial charge is 0.266 e. The van der Waals surface area contributed by atoms with E-state index < -0.39 is 0 Å². The van der Waals surface area contributed by atoms with Gasteiger partial charge in [0.15, 0.2) is 0 Å². The minimum Gasteiger partial charge on any atom is -0.266 e. The van der Waals surface area contributed by atoms with Crippen LogP contribution in [0.3, 0.4) is 0 Å². The third-order valence-electron chi connectivity index (χ3n) is 3.50. The molecule has 1 amide bonds. The SMILES string of the molecule is CC(=NNC(=O)c1ccnc(C)n1)c1ccc2ccccc2c1. The number of fused-ring (bicyclic) bond motifs is 1. The van der Waals surface area contributed by atoms with Crippen molar-refractivity contribution in [2.45, 2.75) is 13.8 Å². The van der Waals surface area contributed by atoms with E-state index in [0.29, 0.717) is 11.5 Å². The fourth-order valence-electron chi connectivity index (χ4n) is 2.25. The molecular weight excluding hydrogens is 288 g/mol. The highest BCUT2D eigenvalue weighted by molar-refractivity contribution is 6.03. The van der Waals surface area contributed by atoms with Gasteiger partial charge in [-0.05, 0) is 42.3 Å². The molecule has 23 heavy (non-hydrogen) atoms. The average molecular weight is 304 g/mol. The maximum Gasteiger partial charge on any atom is 0.290 e. The second kappa shape index (κ2) is 6.36. The lowest BCUT2D eigenvalue weighted by molar-refractivity contribution is 0.0949. The van der Waals surface area contributed by atoms with Crippen molar-refractivity contribution in [2.75, 3.05) is 0 Å². The number of nitrogens with one attached hydrogen (secondary N) is 1. The molecule has 0 unspecified atom stereocenters. The van der Waals surface area contributed by atoms with Gasteiger partial charge in [0, 0.05) is 6.20 Å². The van der Waals surface area contributed by atoms with E-state index >= 15 is 0 Å². The van der Waals surface area contributed by atoms with E-state index in [1.807, 2.05) is 37.3 Å². The molecule has 0 atom stereocenters. The van der Waals surface area contributed by atoms with Crippen molar-refractivity contribution in [3.05, 3.63) is 71.8 Å². The van der Waals surface area contributed by atoms with Crippen LogP contribution in [0.2, 0.25) is 0 Å². The number of carbonyl (C=O) groups excluding carboxylic acids is 1. The number of aryl methyl sites for hydroxylation is 1. The number of nitrogens with zero attached hydrogens (tertiary/aromatic N) is 3. The highest BCUT2D eigenvalue weighted by atomic mass is 16.2. The summed E-state index contributed by atoms with van der Waals surface area (Å²) in [6, 6.07) is 15.8. The normalized spacial score (nSPS) is 11.5. The van der Waals surface area contributed by atoms with Crippen LogP contribution in [0.25, 0.3) is 10.8 Å². The van der Waals surface area contributed by atoms with Crippen molar-refractivity contribution in [3.8, 4) is 0 Å². The van der Waals surface area contributed by atoms with E-state index in [0.717, 1.165) is 16.7 Å². The topological polar surface area (TPSA) is 67.2 Å². The summed E-state index contributed by atoms with van der Waals surface area (Å²) in [7, 11) is 0. The summed E-state index contributed by atoms with van der Waals surface area (Å²) in [6.07, 6.45) is 1.55. The Labute approximate surface area is 134 Å². The van der Waals surface area contributed by atoms with Gasteiger partial charge in [-0.15, -0.1) is 0 Å². The summed E-state index contributed by atoms with van der Waals surface area (Å²) >= 11 is 0. The van der Waals surface area contributed by atoms with Crippen LogP contribution < -0.4 is 5.43 Å². The Balaban J connectivity index is 1.79. The molecule has 3 rings (SSSR count). The van der Waals surface area contributed by atoms with Crippen molar-refractivity contribution < 1.29 is 4.79 Å². The molecule has 3 aromatic rings. The zero-order valence-corrected chi connectivity index (χ0v) is 12.9. The number of carbonyl (C=O) groups is 1. The van der Waals surface area contributed by atoms with E-state index in [4.69, 9.17) is 0 Å². The summed E-state index contributed by atoms with van der Waals surface area (Å²) < 4.78 is 0. The number of hydrazone groups is 1. The standard InChI is InChI=1S/C18H16N4O/c1-12(15-8-7-14-5-3-4-6-16(14)11-15)21-22-18(23)17-9-10-19-13(2)20-17/h3-11H,1-2H3,(H,22,23). The lowest BCUT2D eigenvalue weighted by Gasteiger charge is -2.05. The van der Waals surface area contributed by atoms with Gasteiger partial charge >= 0.3 is 0 Å². The summed E-state index contributed by atoms with van der Waals surface area (Å²) in [5, 5.41) is 6.47. The fourth-order valence-corrected chi connectivity index (χ4v) is 2.25. The first-order chi connectivity index (χ1) is 11.1. The first-order valence-corrected chi connectivity index (χ1v) is 7.27. The van der Waals surface area contributed by atoms with Gasteiger partial charge in [0.05, 0.1) is 5.71 Å². The molecule has 1 aromatic heterocycles. The van der Waals surface area contributed by atoms with Crippen LogP contribution in [0.15, 0.2) is 59.8 Å². The fraction of sp³-hybridized carbons (Fsp3) is 0.111. The summed E-state index contributed by atoms with van der Waals surface area (Å²) in [5.74, 6) is 0.198. The second-order valence-electron chi connectivity index (χ2n) is 5.19. The molecule has 0 aliphatic rings. The molecule has 0 spiro atoms. The van der Waals surface area contributed by atoms with Crippen molar-refractivity contribution >= 4 is 22.4 Å². The molecule has 0 bridgehead atoms. The van der Waals surface area contributed by atoms with Crippen LogP contribution in [0.4, 0.5) is 0 Å². The monoisotopic (exact) mass is 304 g/mol. The van der Waals surface area contributed by atoms with Gasteiger partial charge < -0.3 is 0 Å². The molecule has 0 fully saturated rings. The van der Waals surface area contributed by atoms with Crippen molar-refractivity contribution in [1.29, 1.82) is 0 Å². The lowest BCUT2D eigenvalue weighted by atomic mass is 10.0. The van der Waals surface area contributed by atoms with Crippen molar-refractivity contribution in [1.82, 2.24) is 15.4 Å². The molecule has 5 heteroatoms. The minimum atomic E-state index is -0.351. The molecule has 0 saturated carbocycles. The largest absolute Gasteiger partial charge is 0.290 e. The molecule has 0 saturated heterocycles. The maximum absolute atomic E-state index is 12.0. The number of rotatable bonds is 3. The molecule has 0 radical (unpaired) electrons. The van der Waals surface area contributed by atoms with E-state index in [1.165, 1.54) is 5.39 Å². The number of aromatic nitrogens is 2. The zero-order valence-electron chi connectivity index (χ0n) is 12.9. The summed E-state index contributed by atoms with van der Waals surface area (Å²) in [5.41, 5.74) is 4.52. The van der Waals surface area contributed by atoms with Gasteiger partial charge in [0.2, 0.25) is 0 Å². The Morgan fingerprint density at radius 2 is 1.87 bits per heavy atom. The van der Waals surface area contributed by atoms with Crippen LogP contribution in [-0.2, 0) is 0 Å². The predicted molar refractivity (Wildman–Crippen MR) is 90.4 cm³/mol. The molecule has 0 aliphatic carbocycles. The number of benzene rings is 2. The van der Waals surface area contributed by atoms with Gasteiger partial charge in [-0.2, -0.15) is 5.10 Å². The summed E-state index contributed by atoms with van der Waals surface area (Å²) in [6.45, 7) is 3.59. The maximum atomic E-state index is 12.0. The third-order valence-corrected chi connectivity index (χ3v) is 3.50. The molecular formula is C18H16N4O. The quantitative estimate of drug-likeness (QED) is 0.597. The van der Waals surface area contributed by atoms with Crippen molar-refractivity contribution in [2.24, 2.45) is 5.10 Å². The highest BCUT2D eigenvalue weighted by Crippen LogP contribution is 2.16. The highest BCUT2D eigenvalue weighted by Gasteiger charge is 2.07. The van der Waals surface area contributed by atoms with Crippen LogP contribution >= 0.6 is 0 Å². The van der Waals surface area contributed by atoms with E-state index in [9.17, 15) is 4.79 Å². The van der Waals surface area contributed by atoms with Crippen LogP contribution in [-0.4, -0.2) is 21.6 Å². The van der Waals surface area contributed by atoms with Crippen LogP contribution in [0.1, 0.15) is 28.8 Å². The van der Waals surface area contributed by atoms with E-state index in [1.54, 1.807) is 19.2 Å². The van der Waals surface area contributed by atoms with Crippen LogP contribution in [0, 0.1) is 6.92 Å². The van der Waals surface area contributed by atoms with E-state index in [2.05, 4.69) is 32.6 Å². The second-order valence-corrected chi connectivity index (χ2v) is 5.19. The predicted octanol–water partition coefficient (Wildman–Crippen LogP) is 3.09. The molecule has 0 aliphatic heterocycles. The average Bonchev–Trinajstić information content (AvgIpc) is 2.59. The zero-order chi connectivity index (χ0) is 16.2. The number of hydrogen-bond acceptors (Lipinski definition) is 4. The summed E-state index contributed by atoms with van der Waals surface area (Å²) in [4.78, 5) is 20.1. The first kappa shape index (κ1) is 14.8. The van der Waals surface area contributed by atoms with Gasteiger partial charge in [-0.25, -0.2) is 15.4 Å². The van der Waals surface area contributed by atoms with Crippen LogP contribution in [0.5, 0.6) is 0 Å². The molecule has 2 aromatic carbocycles. The van der Waals surface area contributed by atoms with Crippen molar-refractivity contribution in [3.63, 3.8) is 0 Å². The Bertz CT molecular complexity index is 902. The Hall–Kier alpha value is -3.08. The molecule has 5 nitrogen and oxygen atoms in total. The van der Waals surface area contributed by atoms with E-state index in [-0.39, 0.29) is 5.91 Å². The number of hydrogen-bond donors (Lipinski definition) is 1. The molecule has 114 valence electrons. The minimum absolute atomic E-state index is 0.299. The Morgan fingerprint density at radius 3 is 2.65 bits per heavy atom. The lowest BCUT2D eigenvalue weighted by Crippen LogP contribution is -2.21. The van der Waals surface area contributed by atoms with Gasteiger partial charge in [-0.1, -0.05) is 36.4 Å². The first-order valence-electron chi connectivity index (χ1n) is 7.27. The van der Waals surface area contributed by atoms with Gasteiger partial charge in [0.1, 0.15) is 11.5 Å². The Morgan fingerprint density at radius 1 is 1.09 bits per heavy atom.